The van der Waals surface area contributed by atoms with Crippen LogP contribution in [-0.4, -0.2) is 31.1 Å². The van der Waals surface area contributed by atoms with Gasteiger partial charge in [0.2, 0.25) is 0 Å². The molecule has 1 fully saturated rings. The van der Waals surface area contributed by atoms with E-state index in [4.69, 9.17) is 0 Å². The summed E-state index contributed by atoms with van der Waals surface area (Å²) in [6.07, 6.45) is 2.36. The Labute approximate surface area is 122 Å². The molecular weight excluding hydrogens is 251 g/mol. The fourth-order valence-corrected chi connectivity index (χ4v) is 3.37. The molecule has 1 aromatic rings. The summed E-state index contributed by atoms with van der Waals surface area (Å²) in [7, 11) is 0. The van der Waals surface area contributed by atoms with E-state index in [0.29, 0.717) is 12.0 Å². The van der Waals surface area contributed by atoms with Gasteiger partial charge in [-0.25, -0.2) is 4.39 Å². The molecule has 1 saturated heterocycles. The Morgan fingerprint density at radius 3 is 2.65 bits per heavy atom. The van der Waals surface area contributed by atoms with Crippen LogP contribution in [0, 0.1) is 18.7 Å². The molecule has 0 aliphatic carbocycles. The monoisotopic (exact) mass is 278 g/mol. The molecular formula is C17H27FN2. The molecule has 1 aliphatic rings. The quantitative estimate of drug-likeness (QED) is 0.886. The van der Waals surface area contributed by atoms with E-state index in [-0.39, 0.29) is 5.82 Å². The van der Waals surface area contributed by atoms with Gasteiger partial charge in [-0.1, -0.05) is 26.3 Å². The van der Waals surface area contributed by atoms with Gasteiger partial charge < -0.3 is 5.32 Å². The zero-order valence-corrected chi connectivity index (χ0v) is 13.0. The molecule has 1 N–H and O–H groups in total. The fraction of sp³-hybridized carbons (Fsp3) is 0.647. The summed E-state index contributed by atoms with van der Waals surface area (Å²) in [6, 6.07) is 5.57. The number of nitrogens with one attached hydrogen (secondary N) is 1. The van der Waals surface area contributed by atoms with Crippen LogP contribution in [0.1, 0.15) is 43.9 Å². The highest BCUT2D eigenvalue weighted by atomic mass is 19.1. The summed E-state index contributed by atoms with van der Waals surface area (Å²) >= 11 is 0. The van der Waals surface area contributed by atoms with Crippen molar-refractivity contribution in [2.45, 2.75) is 39.7 Å². The van der Waals surface area contributed by atoms with Crippen LogP contribution in [-0.2, 0) is 0 Å². The summed E-state index contributed by atoms with van der Waals surface area (Å²) in [6.45, 7) is 10.8. The van der Waals surface area contributed by atoms with Crippen LogP contribution in [0.5, 0.6) is 0 Å². The second-order valence-electron chi connectivity index (χ2n) is 6.00. The fourth-order valence-electron chi connectivity index (χ4n) is 3.37. The maximum atomic E-state index is 13.7. The SMILES string of the molecule is CCCC(C)[C@@H](c1cc(F)ccc1C)N1CCNCC1. The Hall–Kier alpha value is -0.930. The first kappa shape index (κ1) is 15.5. The minimum absolute atomic E-state index is 0.116. The topological polar surface area (TPSA) is 15.3 Å². The molecule has 0 radical (unpaired) electrons. The second-order valence-corrected chi connectivity index (χ2v) is 6.00. The molecule has 0 aromatic heterocycles. The van der Waals surface area contributed by atoms with E-state index in [1.54, 1.807) is 12.1 Å². The first-order valence-corrected chi connectivity index (χ1v) is 7.84. The Balaban J connectivity index is 2.31. The number of hydrogen-bond donors (Lipinski definition) is 1. The van der Waals surface area contributed by atoms with Crippen LogP contribution in [0.25, 0.3) is 0 Å². The highest BCUT2D eigenvalue weighted by Gasteiger charge is 2.28. The lowest BCUT2D eigenvalue weighted by Gasteiger charge is -2.39. The lowest BCUT2D eigenvalue weighted by atomic mass is 9.87. The Kier molecular flexibility index (Phi) is 5.55. The van der Waals surface area contributed by atoms with Crippen LogP contribution in [0.2, 0.25) is 0 Å². The average molecular weight is 278 g/mol. The largest absolute Gasteiger partial charge is 0.314 e. The normalized spacial score (nSPS) is 19.8. The maximum absolute atomic E-state index is 13.7. The molecule has 0 saturated carbocycles. The van der Waals surface area contributed by atoms with Gasteiger partial charge in [0.25, 0.3) is 0 Å². The Morgan fingerprint density at radius 1 is 1.30 bits per heavy atom. The molecule has 2 atom stereocenters. The third-order valence-electron chi connectivity index (χ3n) is 4.39. The van der Waals surface area contributed by atoms with Gasteiger partial charge in [0.1, 0.15) is 5.82 Å². The van der Waals surface area contributed by atoms with Crippen LogP contribution in [0.15, 0.2) is 18.2 Å². The van der Waals surface area contributed by atoms with E-state index in [2.05, 4.69) is 31.0 Å². The number of benzene rings is 1. The predicted molar refractivity (Wildman–Crippen MR) is 82.4 cm³/mol. The van der Waals surface area contributed by atoms with Gasteiger partial charge in [-0.05, 0) is 42.5 Å². The number of nitrogens with zero attached hydrogens (tertiary/aromatic N) is 1. The third kappa shape index (κ3) is 3.58. The lowest BCUT2D eigenvalue weighted by Crippen LogP contribution is -2.46. The first-order chi connectivity index (χ1) is 9.63. The molecule has 1 aromatic carbocycles. The summed E-state index contributed by atoms with van der Waals surface area (Å²) in [4.78, 5) is 2.53. The van der Waals surface area contributed by atoms with Crippen LogP contribution in [0.3, 0.4) is 0 Å². The van der Waals surface area contributed by atoms with E-state index in [1.807, 2.05) is 6.07 Å². The number of rotatable bonds is 5. The second kappa shape index (κ2) is 7.19. The minimum atomic E-state index is -0.116. The molecule has 20 heavy (non-hydrogen) atoms. The first-order valence-electron chi connectivity index (χ1n) is 7.84. The van der Waals surface area contributed by atoms with Crippen molar-refractivity contribution in [2.24, 2.45) is 5.92 Å². The highest BCUT2D eigenvalue weighted by Crippen LogP contribution is 2.34. The van der Waals surface area contributed by atoms with E-state index < -0.39 is 0 Å². The van der Waals surface area contributed by atoms with Crippen molar-refractivity contribution >= 4 is 0 Å². The Morgan fingerprint density at radius 2 is 2.00 bits per heavy atom. The van der Waals surface area contributed by atoms with Crippen molar-refractivity contribution in [1.82, 2.24) is 10.2 Å². The molecule has 1 unspecified atom stereocenters. The Bertz CT molecular complexity index is 427. The molecule has 1 heterocycles. The molecule has 112 valence electrons. The summed E-state index contributed by atoms with van der Waals surface area (Å²) < 4.78 is 13.7. The summed E-state index contributed by atoms with van der Waals surface area (Å²) in [5.74, 6) is 0.438. The zero-order valence-electron chi connectivity index (χ0n) is 13.0. The van der Waals surface area contributed by atoms with E-state index in [0.717, 1.165) is 26.2 Å². The number of halogens is 1. The van der Waals surface area contributed by atoms with Gasteiger partial charge in [0.15, 0.2) is 0 Å². The smallest absolute Gasteiger partial charge is 0.123 e. The zero-order chi connectivity index (χ0) is 14.5. The van der Waals surface area contributed by atoms with Crippen LogP contribution < -0.4 is 5.32 Å². The third-order valence-corrected chi connectivity index (χ3v) is 4.39. The van der Waals surface area contributed by atoms with Gasteiger partial charge >= 0.3 is 0 Å². The van der Waals surface area contributed by atoms with Crippen molar-refractivity contribution in [3.63, 3.8) is 0 Å². The van der Waals surface area contributed by atoms with E-state index in [1.165, 1.54) is 24.0 Å². The summed E-state index contributed by atoms with van der Waals surface area (Å²) in [5, 5.41) is 3.40. The number of piperazine rings is 1. The highest BCUT2D eigenvalue weighted by molar-refractivity contribution is 5.30. The number of hydrogen-bond acceptors (Lipinski definition) is 2. The molecule has 2 rings (SSSR count). The van der Waals surface area contributed by atoms with Crippen molar-refractivity contribution in [3.05, 3.63) is 35.1 Å². The predicted octanol–water partition coefficient (Wildman–Crippen LogP) is 3.52. The van der Waals surface area contributed by atoms with Gasteiger partial charge in [0, 0.05) is 32.2 Å². The van der Waals surface area contributed by atoms with Gasteiger partial charge in [0.05, 0.1) is 0 Å². The molecule has 0 spiro atoms. The van der Waals surface area contributed by atoms with E-state index >= 15 is 0 Å². The lowest BCUT2D eigenvalue weighted by molar-refractivity contribution is 0.125. The number of aryl methyl sites for hydroxylation is 1. The standard InChI is InChI=1S/C17H27FN2/c1-4-5-14(3)17(20-10-8-19-9-11-20)16-12-15(18)7-6-13(16)2/h6-7,12,14,17,19H,4-5,8-11H2,1-3H3/t14?,17-/m0/s1. The molecule has 2 nitrogen and oxygen atoms in total. The minimum Gasteiger partial charge on any atom is -0.314 e. The van der Waals surface area contributed by atoms with Gasteiger partial charge in [-0.15, -0.1) is 0 Å². The van der Waals surface area contributed by atoms with Crippen molar-refractivity contribution in [1.29, 1.82) is 0 Å². The van der Waals surface area contributed by atoms with Crippen LogP contribution >= 0.6 is 0 Å². The maximum Gasteiger partial charge on any atom is 0.123 e. The van der Waals surface area contributed by atoms with Crippen molar-refractivity contribution in [3.8, 4) is 0 Å². The molecule has 3 heteroatoms. The summed E-state index contributed by atoms with van der Waals surface area (Å²) in [5.41, 5.74) is 2.38. The molecule has 0 bridgehead atoms. The molecule has 0 amide bonds. The van der Waals surface area contributed by atoms with Gasteiger partial charge in [-0.2, -0.15) is 0 Å². The van der Waals surface area contributed by atoms with Crippen molar-refractivity contribution in [2.75, 3.05) is 26.2 Å². The van der Waals surface area contributed by atoms with Crippen LogP contribution in [0.4, 0.5) is 4.39 Å². The van der Waals surface area contributed by atoms with Gasteiger partial charge in [-0.3, -0.25) is 4.90 Å². The van der Waals surface area contributed by atoms with E-state index in [9.17, 15) is 4.39 Å². The van der Waals surface area contributed by atoms with Crippen molar-refractivity contribution < 1.29 is 4.39 Å². The average Bonchev–Trinajstić information content (AvgIpc) is 2.44. The molecule has 1 aliphatic heterocycles.